The monoisotopic (exact) mass is 235 g/mol. The number of aromatic nitrogens is 2. The van der Waals surface area contributed by atoms with E-state index in [-0.39, 0.29) is 11.9 Å². The number of methoxy groups -OCH3 is 1. The van der Waals surface area contributed by atoms with E-state index in [2.05, 4.69) is 15.5 Å². The van der Waals surface area contributed by atoms with Crippen molar-refractivity contribution in [3.8, 4) is 5.75 Å². The summed E-state index contributed by atoms with van der Waals surface area (Å²) in [5, 5.41) is 9.76. The number of aromatic amines is 1. The summed E-state index contributed by atoms with van der Waals surface area (Å²) in [6.45, 7) is 1.92. The second-order valence-electron chi connectivity index (χ2n) is 3.72. The molecule has 90 valence electrons. The topological polar surface area (TPSA) is 49.9 Å². The summed E-state index contributed by atoms with van der Waals surface area (Å²) >= 11 is 0. The average Bonchev–Trinajstić information content (AvgIpc) is 2.85. The molecule has 2 rings (SSSR count). The summed E-state index contributed by atoms with van der Waals surface area (Å²) < 4.78 is 18.6. The second kappa shape index (κ2) is 4.86. The Morgan fingerprint density at radius 1 is 1.41 bits per heavy atom. The molecule has 0 aliphatic carbocycles. The molecule has 1 aromatic heterocycles. The first-order chi connectivity index (χ1) is 8.20. The highest BCUT2D eigenvalue weighted by molar-refractivity contribution is 5.50. The van der Waals surface area contributed by atoms with Gasteiger partial charge in [0.15, 0.2) is 0 Å². The third kappa shape index (κ3) is 2.55. The summed E-state index contributed by atoms with van der Waals surface area (Å²) in [5.74, 6) is 0.308. The molecule has 2 N–H and O–H groups in total. The van der Waals surface area contributed by atoms with Gasteiger partial charge in [-0.15, -0.1) is 0 Å². The van der Waals surface area contributed by atoms with Crippen molar-refractivity contribution in [3.05, 3.63) is 42.0 Å². The minimum Gasteiger partial charge on any atom is -0.497 e. The fourth-order valence-electron chi connectivity index (χ4n) is 1.56. The summed E-state index contributed by atoms with van der Waals surface area (Å²) in [6.07, 6.45) is 1.66. The van der Waals surface area contributed by atoms with Crippen LogP contribution in [-0.2, 0) is 0 Å². The van der Waals surface area contributed by atoms with Gasteiger partial charge >= 0.3 is 0 Å². The molecule has 0 bridgehead atoms. The molecule has 1 unspecified atom stereocenters. The van der Waals surface area contributed by atoms with Crippen molar-refractivity contribution in [3.63, 3.8) is 0 Å². The van der Waals surface area contributed by atoms with Crippen molar-refractivity contribution >= 4 is 5.69 Å². The van der Waals surface area contributed by atoms with Crippen molar-refractivity contribution in [2.75, 3.05) is 12.4 Å². The zero-order valence-corrected chi connectivity index (χ0v) is 9.70. The maximum absolute atomic E-state index is 13.6. The van der Waals surface area contributed by atoms with Crippen LogP contribution in [0.15, 0.2) is 30.5 Å². The summed E-state index contributed by atoms with van der Waals surface area (Å²) in [5.41, 5.74) is 1.30. The van der Waals surface area contributed by atoms with Crippen LogP contribution in [0.4, 0.5) is 10.1 Å². The smallest absolute Gasteiger partial charge is 0.146 e. The molecular weight excluding hydrogens is 221 g/mol. The van der Waals surface area contributed by atoms with Gasteiger partial charge in [-0.05, 0) is 25.1 Å². The molecule has 1 heterocycles. The van der Waals surface area contributed by atoms with E-state index in [0.29, 0.717) is 11.4 Å². The zero-order valence-electron chi connectivity index (χ0n) is 9.70. The highest BCUT2D eigenvalue weighted by Crippen LogP contribution is 2.24. The molecule has 0 aliphatic heterocycles. The summed E-state index contributed by atoms with van der Waals surface area (Å²) in [6, 6.07) is 6.37. The number of nitrogens with zero attached hydrogens (tertiary/aromatic N) is 1. The molecule has 0 saturated heterocycles. The number of H-pyrrole nitrogens is 1. The summed E-state index contributed by atoms with van der Waals surface area (Å²) in [4.78, 5) is 0. The highest BCUT2D eigenvalue weighted by Gasteiger charge is 2.10. The Bertz CT molecular complexity index is 485. The fraction of sp³-hybridized carbons (Fsp3) is 0.250. The van der Waals surface area contributed by atoms with Gasteiger partial charge in [0.25, 0.3) is 0 Å². The Balaban J connectivity index is 2.18. The van der Waals surface area contributed by atoms with Crippen LogP contribution in [0.5, 0.6) is 5.75 Å². The zero-order chi connectivity index (χ0) is 12.3. The van der Waals surface area contributed by atoms with Crippen molar-refractivity contribution in [1.82, 2.24) is 10.2 Å². The molecule has 17 heavy (non-hydrogen) atoms. The lowest BCUT2D eigenvalue weighted by atomic mass is 10.2. The maximum Gasteiger partial charge on any atom is 0.146 e. The number of hydrogen-bond donors (Lipinski definition) is 2. The van der Waals surface area contributed by atoms with Crippen LogP contribution in [0.1, 0.15) is 18.7 Å². The Labute approximate surface area is 98.8 Å². The Kier molecular flexibility index (Phi) is 3.27. The van der Waals surface area contributed by atoms with E-state index in [9.17, 15) is 4.39 Å². The molecule has 2 aromatic rings. The lowest BCUT2D eigenvalue weighted by Crippen LogP contribution is -2.08. The summed E-state index contributed by atoms with van der Waals surface area (Å²) in [7, 11) is 1.55. The van der Waals surface area contributed by atoms with E-state index in [0.717, 1.165) is 5.69 Å². The van der Waals surface area contributed by atoms with Crippen LogP contribution in [-0.4, -0.2) is 17.3 Å². The lowest BCUT2D eigenvalue weighted by Gasteiger charge is -2.14. The molecule has 5 heteroatoms. The van der Waals surface area contributed by atoms with Crippen LogP contribution in [0, 0.1) is 5.82 Å². The molecule has 0 amide bonds. The highest BCUT2D eigenvalue weighted by atomic mass is 19.1. The number of benzene rings is 1. The third-order valence-electron chi connectivity index (χ3n) is 2.53. The molecule has 4 nitrogen and oxygen atoms in total. The number of rotatable bonds is 4. The van der Waals surface area contributed by atoms with E-state index in [4.69, 9.17) is 4.74 Å². The molecule has 1 atom stereocenters. The van der Waals surface area contributed by atoms with Crippen LogP contribution >= 0.6 is 0 Å². The third-order valence-corrected chi connectivity index (χ3v) is 2.53. The van der Waals surface area contributed by atoms with Crippen molar-refractivity contribution in [2.24, 2.45) is 0 Å². The van der Waals surface area contributed by atoms with E-state index in [1.165, 1.54) is 6.07 Å². The molecule has 1 aromatic carbocycles. The molecule has 0 radical (unpaired) electrons. The van der Waals surface area contributed by atoms with Gasteiger partial charge in [-0.1, -0.05) is 0 Å². The Hall–Kier alpha value is -2.04. The van der Waals surface area contributed by atoms with Crippen LogP contribution in [0.3, 0.4) is 0 Å². The number of anilines is 1. The van der Waals surface area contributed by atoms with Crippen LogP contribution < -0.4 is 10.1 Å². The fourth-order valence-corrected chi connectivity index (χ4v) is 1.56. The first-order valence-corrected chi connectivity index (χ1v) is 5.30. The number of ether oxygens (including phenoxy) is 1. The Morgan fingerprint density at radius 3 is 2.88 bits per heavy atom. The van der Waals surface area contributed by atoms with Gasteiger partial charge in [0.05, 0.1) is 24.5 Å². The molecule has 0 spiro atoms. The number of halogens is 1. The van der Waals surface area contributed by atoms with E-state index in [1.807, 2.05) is 13.0 Å². The van der Waals surface area contributed by atoms with Gasteiger partial charge in [-0.3, -0.25) is 5.10 Å². The number of nitrogens with one attached hydrogen (secondary N) is 2. The normalized spacial score (nSPS) is 12.2. The van der Waals surface area contributed by atoms with Crippen LogP contribution in [0.2, 0.25) is 0 Å². The van der Waals surface area contributed by atoms with Crippen molar-refractivity contribution in [2.45, 2.75) is 13.0 Å². The van der Waals surface area contributed by atoms with Crippen molar-refractivity contribution < 1.29 is 9.13 Å². The van der Waals surface area contributed by atoms with E-state index in [1.54, 1.807) is 25.4 Å². The van der Waals surface area contributed by atoms with E-state index < -0.39 is 0 Å². The van der Waals surface area contributed by atoms with Gasteiger partial charge in [0.2, 0.25) is 0 Å². The van der Waals surface area contributed by atoms with E-state index >= 15 is 0 Å². The van der Waals surface area contributed by atoms with Crippen molar-refractivity contribution in [1.29, 1.82) is 0 Å². The molecular formula is C12H14FN3O. The largest absolute Gasteiger partial charge is 0.497 e. The van der Waals surface area contributed by atoms with Gasteiger partial charge in [0.1, 0.15) is 11.6 Å². The second-order valence-corrected chi connectivity index (χ2v) is 3.72. The molecule has 0 saturated carbocycles. The predicted molar refractivity (Wildman–Crippen MR) is 63.6 cm³/mol. The quantitative estimate of drug-likeness (QED) is 0.856. The van der Waals surface area contributed by atoms with Gasteiger partial charge in [-0.25, -0.2) is 4.39 Å². The maximum atomic E-state index is 13.6. The lowest BCUT2D eigenvalue weighted by molar-refractivity contribution is 0.414. The van der Waals surface area contributed by atoms with Gasteiger partial charge in [0, 0.05) is 12.3 Å². The van der Waals surface area contributed by atoms with Gasteiger partial charge < -0.3 is 10.1 Å². The predicted octanol–water partition coefficient (Wildman–Crippen LogP) is 2.73. The Morgan fingerprint density at radius 2 is 2.24 bits per heavy atom. The molecule has 0 fully saturated rings. The molecule has 0 aliphatic rings. The minimum atomic E-state index is -0.308. The standard InChI is InChI=1S/C12H14FN3O/c1-8(11-5-6-14-16-11)15-12-7-9(17-2)3-4-10(12)13/h3-8,15H,1-2H3,(H,14,16). The number of hydrogen-bond acceptors (Lipinski definition) is 3. The first-order valence-electron chi connectivity index (χ1n) is 5.30. The SMILES string of the molecule is COc1ccc(F)c(NC(C)c2ccn[nH]2)c1. The average molecular weight is 235 g/mol. The van der Waals surface area contributed by atoms with Crippen LogP contribution in [0.25, 0.3) is 0 Å². The minimum absolute atomic E-state index is 0.0564. The van der Waals surface area contributed by atoms with Gasteiger partial charge in [-0.2, -0.15) is 5.10 Å². The first kappa shape index (κ1) is 11.4.